The minimum atomic E-state index is 0.272. The zero-order valence-corrected chi connectivity index (χ0v) is 14.7. The summed E-state index contributed by atoms with van der Waals surface area (Å²) >= 11 is 1.66. The molecule has 0 spiro atoms. The minimum absolute atomic E-state index is 0.272. The van der Waals surface area contributed by atoms with E-state index in [0.29, 0.717) is 5.78 Å². The lowest BCUT2D eigenvalue weighted by molar-refractivity contribution is 0.841. The van der Waals surface area contributed by atoms with Crippen LogP contribution in [0.25, 0.3) is 16.6 Å². The first-order valence-corrected chi connectivity index (χ1v) is 8.84. The van der Waals surface area contributed by atoms with Crippen molar-refractivity contribution in [3.05, 3.63) is 65.5 Å². The summed E-state index contributed by atoms with van der Waals surface area (Å²) < 4.78 is 1.81. The number of benzene rings is 2. The largest absolute Gasteiger partial charge is 0.253 e. The number of rotatable bonds is 3. The van der Waals surface area contributed by atoms with Crippen molar-refractivity contribution in [2.75, 3.05) is 0 Å². The average molecular weight is 334 g/mol. The summed E-state index contributed by atoms with van der Waals surface area (Å²) in [4.78, 5) is 9.02. The molecule has 5 heteroatoms. The maximum atomic E-state index is 4.59. The van der Waals surface area contributed by atoms with Crippen LogP contribution in [0.4, 0.5) is 0 Å². The Morgan fingerprint density at radius 1 is 0.958 bits per heavy atom. The first-order chi connectivity index (χ1) is 11.6. The molecule has 120 valence electrons. The molecule has 0 saturated heterocycles. The number of nitrogens with zero attached hydrogens (tertiary/aromatic N) is 4. The van der Waals surface area contributed by atoms with Crippen LogP contribution < -0.4 is 0 Å². The molecule has 0 aliphatic heterocycles. The number of hydrogen-bond acceptors (Lipinski definition) is 4. The van der Waals surface area contributed by atoms with Gasteiger partial charge < -0.3 is 0 Å². The fourth-order valence-corrected chi connectivity index (χ4v) is 3.75. The minimum Gasteiger partial charge on any atom is -0.216 e. The van der Waals surface area contributed by atoms with Crippen molar-refractivity contribution in [1.82, 2.24) is 19.6 Å². The molecule has 0 saturated carbocycles. The smallest absolute Gasteiger partial charge is 0.216 e. The molecular weight excluding hydrogens is 316 g/mol. The van der Waals surface area contributed by atoms with Crippen molar-refractivity contribution in [2.24, 2.45) is 0 Å². The SMILES string of the molecule is Cc1cc(C)n2nc(SC(C)c3ccc4ccccc4c3)nc2n1. The van der Waals surface area contributed by atoms with E-state index < -0.39 is 0 Å². The molecule has 0 radical (unpaired) electrons. The lowest BCUT2D eigenvalue weighted by Gasteiger charge is -2.10. The van der Waals surface area contributed by atoms with Gasteiger partial charge in [-0.1, -0.05) is 54.2 Å². The van der Waals surface area contributed by atoms with E-state index in [2.05, 4.69) is 64.5 Å². The van der Waals surface area contributed by atoms with Crippen LogP contribution in [0.3, 0.4) is 0 Å². The Hall–Kier alpha value is -2.40. The highest BCUT2D eigenvalue weighted by molar-refractivity contribution is 7.99. The van der Waals surface area contributed by atoms with Crippen LogP contribution in [0, 0.1) is 13.8 Å². The second-order valence-corrected chi connectivity index (χ2v) is 7.32. The number of thioether (sulfide) groups is 1. The van der Waals surface area contributed by atoms with E-state index in [0.717, 1.165) is 16.5 Å². The Bertz CT molecular complexity index is 1040. The van der Waals surface area contributed by atoms with E-state index in [1.54, 1.807) is 11.8 Å². The molecule has 2 aromatic carbocycles. The fraction of sp³-hybridized carbons (Fsp3) is 0.211. The van der Waals surface area contributed by atoms with Crippen molar-refractivity contribution in [1.29, 1.82) is 0 Å². The maximum Gasteiger partial charge on any atom is 0.253 e. The molecule has 0 N–H and O–H groups in total. The Labute approximate surface area is 144 Å². The molecule has 4 aromatic rings. The third kappa shape index (κ3) is 2.76. The lowest BCUT2D eigenvalue weighted by Crippen LogP contribution is -1.97. The molecular formula is C19H18N4S. The highest BCUT2D eigenvalue weighted by atomic mass is 32.2. The number of hydrogen-bond donors (Lipinski definition) is 0. The van der Waals surface area contributed by atoms with Gasteiger partial charge in [0.2, 0.25) is 5.16 Å². The maximum absolute atomic E-state index is 4.59. The number of fused-ring (bicyclic) bond motifs is 2. The number of aromatic nitrogens is 4. The average Bonchev–Trinajstić information content (AvgIpc) is 2.97. The molecule has 4 nitrogen and oxygen atoms in total. The monoisotopic (exact) mass is 334 g/mol. The van der Waals surface area contributed by atoms with Crippen LogP contribution in [0.5, 0.6) is 0 Å². The van der Waals surface area contributed by atoms with Gasteiger partial charge in [0, 0.05) is 16.6 Å². The summed E-state index contributed by atoms with van der Waals surface area (Å²) in [5, 5.41) is 8.15. The first kappa shape index (κ1) is 15.1. The third-order valence-electron chi connectivity index (χ3n) is 4.12. The fourth-order valence-electron chi connectivity index (χ4n) is 2.88. The first-order valence-electron chi connectivity index (χ1n) is 7.96. The van der Waals surface area contributed by atoms with E-state index in [9.17, 15) is 0 Å². The Balaban J connectivity index is 1.65. The molecule has 0 aliphatic carbocycles. The van der Waals surface area contributed by atoms with Gasteiger partial charge in [0.05, 0.1) is 0 Å². The van der Waals surface area contributed by atoms with E-state index in [-0.39, 0.29) is 5.25 Å². The van der Waals surface area contributed by atoms with Gasteiger partial charge in [0.15, 0.2) is 0 Å². The molecule has 0 aliphatic rings. The van der Waals surface area contributed by atoms with Gasteiger partial charge in [-0.05, 0) is 43.2 Å². The zero-order chi connectivity index (χ0) is 16.7. The summed E-state index contributed by atoms with van der Waals surface area (Å²) in [6.07, 6.45) is 0. The van der Waals surface area contributed by atoms with Crippen LogP contribution in [-0.2, 0) is 0 Å². The summed E-state index contributed by atoms with van der Waals surface area (Å²) in [5.41, 5.74) is 3.29. The van der Waals surface area contributed by atoms with Crippen molar-refractivity contribution in [3.8, 4) is 0 Å². The zero-order valence-electron chi connectivity index (χ0n) is 13.9. The summed E-state index contributed by atoms with van der Waals surface area (Å²) in [6, 6.07) is 17.0. The van der Waals surface area contributed by atoms with Gasteiger partial charge in [-0.3, -0.25) is 0 Å². The van der Waals surface area contributed by atoms with Crippen molar-refractivity contribution < 1.29 is 0 Å². The second kappa shape index (κ2) is 5.91. The molecule has 4 rings (SSSR count). The predicted octanol–water partition coefficient (Wildman–Crippen LogP) is 4.75. The highest BCUT2D eigenvalue weighted by Gasteiger charge is 2.14. The quantitative estimate of drug-likeness (QED) is 0.507. The number of aryl methyl sites for hydroxylation is 2. The second-order valence-electron chi connectivity index (χ2n) is 6.01. The van der Waals surface area contributed by atoms with Gasteiger partial charge in [-0.15, -0.1) is 5.10 Å². The van der Waals surface area contributed by atoms with Crippen LogP contribution in [-0.4, -0.2) is 19.6 Å². The summed E-state index contributed by atoms with van der Waals surface area (Å²) in [5.74, 6) is 0.667. The molecule has 1 atom stereocenters. The standard InChI is InChI=1S/C19H18N4S/c1-12-10-13(2)23-18(20-12)21-19(22-23)24-14(3)16-9-8-15-6-4-5-7-17(15)11-16/h4-11,14H,1-3H3. The lowest BCUT2D eigenvalue weighted by atomic mass is 10.1. The van der Waals surface area contributed by atoms with Crippen LogP contribution >= 0.6 is 11.8 Å². The van der Waals surface area contributed by atoms with Gasteiger partial charge in [0.25, 0.3) is 5.78 Å². The summed E-state index contributed by atoms with van der Waals surface area (Å²) in [7, 11) is 0. The summed E-state index contributed by atoms with van der Waals surface area (Å²) in [6.45, 7) is 6.19. The van der Waals surface area contributed by atoms with Crippen molar-refractivity contribution in [3.63, 3.8) is 0 Å². The Morgan fingerprint density at radius 2 is 1.75 bits per heavy atom. The van der Waals surface area contributed by atoms with Crippen LogP contribution in [0.1, 0.15) is 29.1 Å². The highest BCUT2D eigenvalue weighted by Crippen LogP contribution is 2.34. The van der Waals surface area contributed by atoms with Gasteiger partial charge in [-0.2, -0.15) is 4.98 Å². The van der Waals surface area contributed by atoms with Gasteiger partial charge in [0.1, 0.15) is 0 Å². The van der Waals surface area contributed by atoms with Gasteiger partial charge in [-0.25, -0.2) is 9.50 Å². The van der Waals surface area contributed by atoms with Crippen LogP contribution in [0.2, 0.25) is 0 Å². The molecule has 2 heterocycles. The molecule has 0 amide bonds. The van der Waals surface area contributed by atoms with Crippen molar-refractivity contribution in [2.45, 2.75) is 31.2 Å². The van der Waals surface area contributed by atoms with E-state index in [4.69, 9.17) is 0 Å². The third-order valence-corrected chi connectivity index (χ3v) is 5.13. The molecule has 24 heavy (non-hydrogen) atoms. The van der Waals surface area contributed by atoms with E-state index >= 15 is 0 Å². The van der Waals surface area contributed by atoms with E-state index in [1.165, 1.54) is 16.3 Å². The van der Waals surface area contributed by atoms with E-state index in [1.807, 2.05) is 24.4 Å². The predicted molar refractivity (Wildman–Crippen MR) is 98.5 cm³/mol. The normalized spacial score (nSPS) is 12.8. The molecule has 0 fully saturated rings. The van der Waals surface area contributed by atoms with Crippen LogP contribution in [0.15, 0.2) is 53.7 Å². The Kier molecular flexibility index (Phi) is 3.73. The topological polar surface area (TPSA) is 43.1 Å². The van der Waals surface area contributed by atoms with Crippen molar-refractivity contribution >= 4 is 28.3 Å². The Morgan fingerprint density at radius 3 is 2.58 bits per heavy atom. The van der Waals surface area contributed by atoms with Gasteiger partial charge >= 0.3 is 0 Å². The molecule has 0 bridgehead atoms. The molecule has 2 aromatic heterocycles. The molecule has 1 unspecified atom stereocenters.